The highest BCUT2D eigenvalue weighted by molar-refractivity contribution is 9.10. The minimum Gasteiger partial charge on any atom is -0.444 e. The van der Waals surface area contributed by atoms with Crippen LogP contribution in [0.25, 0.3) is 10.9 Å². The second kappa shape index (κ2) is 7.24. The third kappa shape index (κ3) is 4.07. The molecule has 1 fully saturated rings. The lowest BCUT2D eigenvalue weighted by Gasteiger charge is -2.41. The molecule has 1 aliphatic heterocycles. The van der Waals surface area contributed by atoms with Crippen molar-refractivity contribution in [3.63, 3.8) is 0 Å². The molecule has 0 radical (unpaired) electrons. The number of aromatic nitrogens is 1. The van der Waals surface area contributed by atoms with Crippen molar-refractivity contribution in [1.82, 2.24) is 9.88 Å². The van der Waals surface area contributed by atoms with E-state index in [1.54, 1.807) is 11.1 Å². The quantitative estimate of drug-likeness (QED) is 0.619. The first-order valence-electron chi connectivity index (χ1n) is 8.64. The Morgan fingerprint density at radius 2 is 2.08 bits per heavy atom. The van der Waals surface area contributed by atoms with E-state index < -0.39 is 5.60 Å². The summed E-state index contributed by atoms with van der Waals surface area (Å²) < 4.78 is 6.51. The van der Waals surface area contributed by atoms with Gasteiger partial charge in [-0.2, -0.15) is 0 Å². The summed E-state index contributed by atoms with van der Waals surface area (Å²) >= 11 is 10.0. The number of carbonyl (C=O) groups is 1. The largest absolute Gasteiger partial charge is 0.444 e. The van der Waals surface area contributed by atoms with Crippen LogP contribution in [0.2, 0.25) is 5.02 Å². The molecule has 0 aliphatic carbocycles. The van der Waals surface area contributed by atoms with E-state index in [0.29, 0.717) is 24.7 Å². The van der Waals surface area contributed by atoms with Gasteiger partial charge in [0.15, 0.2) is 0 Å². The number of nitrogens with zero attached hydrogens (tertiary/aromatic N) is 3. The molecule has 1 aromatic carbocycles. The van der Waals surface area contributed by atoms with Crippen molar-refractivity contribution in [3.05, 3.63) is 33.9 Å². The number of benzene rings is 1. The number of hydrogen-bond acceptors (Lipinski definition) is 4. The van der Waals surface area contributed by atoms with Crippen molar-refractivity contribution in [3.8, 4) is 0 Å². The number of anilines is 1. The van der Waals surface area contributed by atoms with Crippen LogP contribution in [0.1, 0.15) is 27.7 Å². The van der Waals surface area contributed by atoms with Crippen molar-refractivity contribution >= 4 is 50.2 Å². The van der Waals surface area contributed by atoms with Gasteiger partial charge in [0, 0.05) is 41.7 Å². The van der Waals surface area contributed by atoms with Gasteiger partial charge in [0.25, 0.3) is 0 Å². The van der Waals surface area contributed by atoms with E-state index in [1.807, 2.05) is 45.9 Å². The number of halogens is 2. The third-order valence-corrected chi connectivity index (χ3v) is 5.10. The standard InChI is InChI=1S/C19H23BrClN3O2/c1-12-11-23(7-8-24(12)18(25)26-19(2,3)4)17-14-9-13(20)5-6-16(14)22-10-15(17)21/h5-6,9-10,12H,7-8,11H2,1-4H3/t12-/m0/s1. The van der Waals surface area contributed by atoms with Crippen molar-refractivity contribution < 1.29 is 9.53 Å². The summed E-state index contributed by atoms with van der Waals surface area (Å²) in [6, 6.07) is 5.99. The molecule has 0 N–H and O–H groups in total. The SMILES string of the molecule is C[C@H]1CN(c2c(Cl)cnc3ccc(Br)cc23)CCN1C(=O)OC(C)(C)C. The Balaban J connectivity index is 1.85. The molecule has 1 aromatic heterocycles. The Bertz CT molecular complexity index is 832. The minimum atomic E-state index is -0.495. The predicted octanol–water partition coefficient (Wildman–Crippen LogP) is 5.10. The van der Waals surface area contributed by atoms with Gasteiger partial charge in [-0.25, -0.2) is 4.79 Å². The zero-order chi connectivity index (χ0) is 19.1. The lowest BCUT2D eigenvalue weighted by Crippen LogP contribution is -2.55. The molecule has 7 heteroatoms. The fraction of sp³-hybridized carbons (Fsp3) is 0.474. The van der Waals surface area contributed by atoms with E-state index in [0.717, 1.165) is 21.1 Å². The maximum atomic E-state index is 12.4. The Morgan fingerprint density at radius 3 is 2.73 bits per heavy atom. The summed E-state index contributed by atoms with van der Waals surface area (Å²) in [6.07, 6.45) is 1.43. The van der Waals surface area contributed by atoms with Crippen LogP contribution in [0.15, 0.2) is 28.9 Å². The predicted molar refractivity (Wildman–Crippen MR) is 109 cm³/mol. The van der Waals surface area contributed by atoms with Crippen LogP contribution in [0.4, 0.5) is 10.5 Å². The van der Waals surface area contributed by atoms with Gasteiger partial charge >= 0.3 is 6.09 Å². The fourth-order valence-electron chi connectivity index (χ4n) is 3.20. The Kier molecular flexibility index (Phi) is 5.35. The lowest BCUT2D eigenvalue weighted by atomic mass is 10.1. The number of ether oxygens (including phenoxy) is 1. The lowest BCUT2D eigenvalue weighted by molar-refractivity contribution is 0.0159. The zero-order valence-electron chi connectivity index (χ0n) is 15.4. The number of hydrogen-bond donors (Lipinski definition) is 0. The molecule has 0 unspecified atom stereocenters. The molecule has 2 aromatic rings. The van der Waals surface area contributed by atoms with Gasteiger partial charge in [0.2, 0.25) is 0 Å². The second-order valence-corrected chi connectivity index (χ2v) is 8.91. The maximum Gasteiger partial charge on any atom is 0.410 e. The van der Waals surface area contributed by atoms with Gasteiger partial charge in [-0.05, 0) is 45.9 Å². The summed E-state index contributed by atoms with van der Waals surface area (Å²) in [5.41, 5.74) is 1.37. The average Bonchev–Trinajstić information content (AvgIpc) is 2.52. The summed E-state index contributed by atoms with van der Waals surface area (Å²) in [5.74, 6) is 0. The molecule has 1 saturated heterocycles. The first-order chi connectivity index (χ1) is 12.2. The van der Waals surface area contributed by atoms with Gasteiger partial charge in [0.1, 0.15) is 5.60 Å². The molecule has 5 nitrogen and oxygen atoms in total. The number of rotatable bonds is 1. The molecular weight excluding hydrogens is 418 g/mol. The molecule has 1 aliphatic rings. The second-order valence-electron chi connectivity index (χ2n) is 7.58. The van der Waals surface area contributed by atoms with Crippen LogP contribution in [0, 0.1) is 0 Å². The summed E-state index contributed by atoms with van der Waals surface area (Å²) in [7, 11) is 0. The summed E-state index contributed by atoms with van der Waals surface area (Å²) in [5, 5.41) is 1.62. The number of pyridine rings is 1. The van der Waals surface area contributed by atoms with Crippen LogP contribution < -0.4 is 4.90 Å². The Labute approximate surface area is 167 Å². The highest BCUT2D eigenvalue weighted by Crippen LogP contribution is 2.35. The van der Waals surface area contributed by atoms with E-state index in [9.17, 15) is 4.79 Å². The molecule has 26 heavy (non-hydrogen) atoms. The van der Waals surface area contributed by atoms with Crippen molar-refractivity contribution in [1.29, 1.82) is 0 Å². The maximum absolute atomic E-state index is 12.4. The van der Waals surface area contributed by atoms with Gasteiger partial charge in [-0.1, -0.05) is 27.5 Å². The Morgan fingerprint density at radius 1 is 1.35 bits per heavy atom. The molecule has 1 amide bonds. The van der Waals surface area contributed by atoms with Crippen LogP contribution in [-0.2, 0) is 4.74 Å². The first-order valence-corrected chi connectivity index (χ1v) is 9.81. The highest BCUT2D eigenvalue weighted by atomic mass is 79.9. The van der Waals surface area contributed by atoms with Crippen molar-refractivity contribution in [2.45, 2.75) is 39.3 Å². The molecule has 2 heterocycles. The monoisotopic (exact) mass is 439 g/mol. The summed E-state index contributed by atoms with van der Waals surface area (Å²) in [6.45, 7) is 9.64. The van der Waals surface area contributed by atoms with Crippen molar-refractivity contribution in [2.75, 3.05) is 24.5 Å². The van der Waals surface area contributed by atoms with E-state index in [4.69, 9.17) is 16.3 Å². The number of piperazine rings is 1. The van der Waals surface area contributed by atoms with Crippen LogP contribution in [0.3, 0.4) is 0 Å². The number of fused-ring (bicyclic) bond motifs is 1. The van der Waals surface area contributed by atoms with Gasteiger partial charge in [-0.3, -0.25) is 4.98 Å². The van der Waals surface area contributed by atoms with E-state index in [1.165, 1.54) is 0 Å². The molecule has 140 valence electrons. The average molecular weight is 441 g/mol. The zero-order valence-corrected chi connectivity index (χ0v) is 17.8. The number of amides is 1. The van der Waals surface area contributed by atoms with Crippen molar-refractivity contribution in [2.24, 2.45) is 0 Å². The molecule has 3 rings (SSSR count). The van der Waals surface area contributed by atoms with Gasteiger partial charge in [-0.15, -0.1) is 0 Å². The molecule has 0 saturated carbocycles. The van der Waals surface area contributed by atoms with E-state index >= 15 is 0 Å². The molecular formula is C19H23BrClN3O2. The molecule has 0 spiro atoms. The molecule has 0 bridgehead atoms. The fourth-order valence-corrected chi connectivity index (χ4v) is 3.83. The smallest absolute Gasteiger partial charge is 0.410 e. The van der Waals surface area contributed by atoms with Crippen LogP contribution >= 0.6 is 27.5 Å². The molecule has 1 atom stereocenters. The Hall–Kier alpha value is -1.53. The van der Waals surface area contributed by atoms with Gasteiger partial charge in [0.05, 0.1) is 16.2 Å². The topological polar surface area (TPSA) is 45.7 Å². The van der Waals surface area contributed by atoms with Crippen LogP contribution in [0.5, 0.6) is 0 Å². The van der Waals surface area contributed by atoms with E-state index in [-0.39, 0.29) is 12.1 Å². The minimum absolute atomic E-state index is 0.0186. The first kappa shape index (κ1) is 19.2. The van der Waals surface area contributed by atoms with E-state index in [2.05, 4.69) is 25.8 Å². The van der Waals surface area contributed by atoms with Crippen LogP contribution in [-0.4, -0.2) is 47.3 Å². The highest BCUT2D eigenvalue weighted by Gasteiger charge is 2.32. The summed E-state index contributed by atoms with van der Waals surface area (Å²) in [4.78, 5) is 20.9. The third-order valence-electron chi connectivity index (χ3n) is 4.33. The van der Waals surface area contributed by atoms with Gasteiger partial charge < -0.3 is 14.5 Å². The number of carbonyl (C=O) groups excluding carboxylic acids is 1. The normalized spacial score (nSPS) is 18.3.